The van der Waals surface area contributed by atoms with Crippen LogP contribution >= 0.6 is 11.8 Å². The average Bonchev–Trinajstić information content (AvgIpc) is 2.35. The van der Waals surface area contributed by atoms with E-state index in [1.54, 1.807) is 11.8 Å². The van der Waals surface area contributed by atoms with E-state index in [0.29, 0.717) is 6.04 Å². The van der Waals surface area contributed by atoms with Gasteiger partial charge in [-0.25, -0.2) is 0 Å². The lowest BCUT2D eigenvalue weighted by atomic mass is 10.1. The number of hydrogen-bond acceptors (Lipinski definition) is 3. The molecule has 0 saturated heterocycles. The second kappa shape index (κ2) is 6.94. The van der Waals surface area contributed by atoms with Gasteiger partial charge in [-0.15, -0.1) is 11.8 Å². The van der Waals surface area contributed by atoms with Crippen LogP contribution in [0.25, 0.3) is 0 Å². The Morgan fingerprint density at radius 1 is 1.31 bits per heavy atom. The number of hydrogen-bond donors (Lipinski definition) is 2. The fourth-order valence-corrected chi connectivity index (χ4v) is 1.96. The molecule has 2 atom stereocenters. The highest BCUT2D eigenvalue weighted by Gasteiger charge is 2.11. The Morgan fingerprint density at radius 3 is 2.38 bits per heavy atom. The van der Waals surface area contributed by atoms with Crippen molar-refractivity contribution in [3.05, 3.63) is 29.8 Å². The summed E-state index contributed by atoms with van der Waals surface area (Å²) in [6.07, 6.45) is 3.13. The summed E-state index contributed by atoms with van der Waals surface area (Å²) in [7, 11) is 0. The van der Waals surface area contributed by atoms with Gasteiger partial charge in [0, 0.05) is 10.9 Å². The summed E-state index contributed by atoms with van der Waals surface area (Å²) in [4.78, 5) is 1.25. The summed E-state index contributed by atoms with van der Waals surface area (Å²) in [5, 5.41) is 12.8. The maximum Gasteiger partial charge on any atom is 0.0626 e. The Kier molecular flexibility index (Phi) is 5.88. The Balaban J connectivity index is 2.70. The zero-order valence-corrected chi connectivity index (χ0v) is 11.1. The first-order valence-electron chi connectivity index (χ1n) is 5.72. The van der Waals surface area contributed by atoms with Gasteiger partial charge in [0.1, 0.15) is 0 Å². The predicted octanol–water partition coefficient (Wildman–Crippen LogP) is 2.83. The summed E-state index contributed by atoms with van der Waals surface area (Å²) in [6.45, 7) is 4.42. The van der Waals surface area contributed by atoms with Gasteiger partial charge >= 0.3 is 0 Å². The van der Waals surface area contributed by atoms with Crippen LogP contribution in [0.4, 0.5) is 0 Å². The van der Waals surface area contributed by atoms with Gasteiger partial charge in [0.15, 0.2) is 0 Å². The van der Waals surface area contributed by atoms with Gasteiger partial charge in [-0.05, 0) is 37.3 Å². The number of aliphatic hydroxyl groups is 1. The van der Waals surface area contributed by atoms with Crippen molar-refractivity contribution in [3.63, 3.8) is 0 Å². The molecule has 0 aromatic heterocycles. The molecule has 0 heterocycles. The van der Waals surface area contributed by atoms with E-state index < -0.39 is 0 Å². The van der Waals surface area contributed by atoms with Gasteiger partial charge in [0.05, 0.1) is 12.6 Å². The van der Waals surface area contributed by atoms with Crippen molar-refractivity contribution in [1.29, 1.82) is 0 Å². The van der Waals surface area contributed by atoms with Crippen LogP contribution in [0.15, 0.2) is 29.2 Å². The van der Waals surface area contributed by atoms with Gasteiger partial charge in [-0.3, -0.25) is 0 Å². The van der Waals surface area contributed by atoms with Crippen molar-refractivity contribution in [2.75, 3.05) is 12.9 Å². The van der Waals surface area contributed by atoms with Crippen LogP contribution < -0.4 is 5.32 Å². The number of benzene rings is 1. The van der Waals surface area contributed by atoms with Gasteiger partial charge in [0.25, 0.3) is 0 Å². The lowest BCUT2D eigenvalue weighted by molar-refractivity contribution is 0.234. The van der Waals surface area contributed by atoms with Gasteiger partial charge < -0.3 is 10.4 Å². The molecule has 0 bridgehead atoms. The third-order valence-corrected chi connectivity index (χ3v) is 3.54. The molecule has 2 unspecified atom stereocenters. The third kappa shape index (κ3) is 3.81. The van der Waals surface area contributed by atoms with Crippen molar-refractivity contribution < 1.29 is 5.11 Å². The molecule has 1 aromatic carbocycles. The molecule has 0 aliphatic heterocycles. The molecule has 0 fully saturated rings. The van der Waals surface area contributed by atoms with Crippen molar-refractivity contribution in [2.45, 2.75) is 37.2 Å². The molecule has 16 heavy (non-hydrogen) atoms. The number of aliphatic hydroxyl groups excluding tert-OH is 1. The minimum absolute atomic E-state index is 0.0471. The van der Waals surface area contributed by atoms with Crippen LogP contribution in [0.2, 0.25) is 0 Å². The lowest BCUT2D eigenvalue weighted by Crippen LogP contribution is -2.32. The largest absolute Gasteiger partial charge is 0.394 e. The molecule has 0 amide bonds. The van der Waals surface area contributed by atoms with Crippen molar-refractivity contribution in [3.8, 4) is 0 Å². The smallest absolute Gasteiger partial charge is 0.0626 e. The highest BCUT2D eigenvalue weighted by Crippen LogP contribution is 2.19. The zero-order valence-electron chi connectivity index (χ0n) is 10.2. The fourth-order valence-electron chi connectivity index (χ4n) is 1.55. The molecule has 0 spiro atoms. The van der Waals surface area contributed by atoms with Crippen molar-refractivity contribution >= 4 is 11.8 Å². The normalized spacial score (nSPS) is 14.8. The maximum atomic E-state index is 9.38. The second-order valence-electron chi connectivity index (χ2n) is 3.98. The quantitative estimate of drug-likeness (QED) is 0.749. The minimum Gasteiger partial charge on any atom is -0.394 e. The first kappa shape index (κ1) is 13.6. The van der Waals surface area contributed by atoms with Crippen LogP contribution in [0.1, 0.15) is 31.9 Å². The highest BCUT2D eigenvalue weighted by atomic mass is 32.2. The summed E-state index contributed by atoms with van der Waals surface area (Å²) in [5.41, 5.74) is 1.15. The summed E-state index contributed by atoms with van der Waals surface area (Å²) < 4.78 is 0. The molecule has 0 radical (unpaired) electrons. The van der Waals surface area contributed by atoms with Crippen molar-refractivity contribution in [2.24, 2.45) is 0 Å². The second-order valence-corrected chi connectivity index (χ2v) is 4.86. The third-order valence-electron chi connectivity index (χ3n) is 2.80. The van der Waals surface area contributed by atoms with E-state index in [4.69, 9.17) is 0 Å². The maximum absolute atomic E-state index is 9.38. The first-order chi connectivity index (χ1) is 7.71. The average molecular weight is 239 g/mol. The topological polar surface area (TPSA) is 32.3 Å². The van der Waals surface area contributed by atoms with Gasteiger partial charge in [0.2, 0.25) is 0 Å². The van der Waals surface area contributed by atoms with E-state index in [1.165, 1.54) is 4.90 Å². The molecule has 2 N–H and O–H groups in total. The molecule has 1 aromatic rings. The molecule has 3 heteroatoms. The van der Waals surface area contributed by atoms with E-state index in [2.05, 4.69) is 49.7 Å². The van der Waals surface area contributed by atoms with Crippen LogP contribution in [0.3, 0.4) is 0 Å². The van der Waals surface area contributed by atoms with Crippen LogP contribution in [-0.4, -0.2) is 24.0 Å². The number of nitrogens with one attached hydrogen (secondary N) is 1. The summed E-state index contributed by atoms with van der Waals surface area (Å²) >= 11 is 1.73. The molecule has 90 valence electrons. The van der Waals surface area contributed by atoms with Crippen LogP contribution in [0.5, 0.6) is 0 Å². The molecular formula is C13H21NOS. The van der Waals surface area contributed by atoms with Crippen LogP contribution in [0, 0.1) is 0 Å². The van der Waals surface area contributed by atoms with E-state index >= 15 is 0 Å². The molecule has 0 aliphatic carbocycles. The molecule has 2 nitrogen and oxygen atoms in total. The van der Waals surface area contributed by atoms with Crippen molar-refractivity contribution in [1.82, 2.24) is 5.32 Å². The summed E-state index contributed by atoms with van der Waals surface area (Å²) in [5.74, 6) is 0. The predicted molar refractivity (Wildman–Crippen MR) is 70.9 cm³/mol. The minimum atomic E-state index is 0.0471. The first-order valence-corrected chi connectivity index (χ1v) is 6.94. The van der Waals surface area contributed by atoms with E-state index in [9.17, 15) is 5.11 Å². The number of rotatable bonds is 6. The lowest BCUT2D eigenvalue weighted by Gasteiger charge is -2.21. The van der Waals surface area contributed by atoms with E-state index in [1.807, 2.05) is 0 Å². The number of thioether (sulfide) groups is 1. The molecule has 0 saturated carbocycles. The molecule has 1 rings (SSSR count). The monoisotopic (exact) mass is 239 g/mol. The Bertz CT molecular complexity index is 299. The van der Waals surface area contributed by atoms with Crippen LogP contribution in [-0.2, 0) is 0 Å². The van der Waals surface area contributed by atoms with Gasteiger partial charge in [-0.2, -0.15) is 0 Å². The highest BCUT2D eigenvalue weighted by molar-refractivity contribution is 7.98. The summed E-state index contributed by atoms with van der Waals surface area (Å²) in [6, 6.07) is 8.84. The van der Waals surface area contributed by atoms with E-state index in [0.717, 1.165) is 12.0 Å². The standard InChI is InChI=1S/C13H21NOS/c1-4-10(2)14-13(9-15)11-5-7-12(16-3)8-6-11/h5-8,10,13-15H,4,9H2,1-3H3. The molecule has 0 aliphatic rings. The Labute approximate surface area is 102 Å². The Hall–Kier alpha value is -0.510. The zero-order chi connectivity index (χ0) is 12.0. The SMILES string of the molecule is CCC(C)NC(CO)c1ccc(SC)cc1. The molecular weight excluding hydrogens is 218 g/mol. The van der Waals surface area contributed by atoms with E-state index in [-0.39, 0.29) is 12.6 Å². The Morgan fingerprint density at radius 2 is 1.94 bits per heavy atom. The fraction of sp³-hybridized carbons (Fsp3) is 0.538. The van der Waals surface area contributed by atoms with Gasteiger partial charge in [-0.1, -0.05) is 19.1 Å².